The van der Waals surface area contributed by atoms with Gasteiger partial charge in [0.25, 0.3) is 0 Å². The van der Waals surface area contributed by atoms with Crippen molar-refractivity contribution in [2.24, 2.45) is 7.05 Å². The van der Waals surface area contributed by atoms with Crippen molar-refractivity contribution in [3.63, 3.8) is 0 Å². The minimum atomic E-state index is -3.54. The molecule has 4 heteroatoms. The molecule has 0 aliphatic rings. The fraction of sp³-hybridized carbons (Fsp3) is 0.222. The van der Waals surface area contributed by atoms with Gasteiger partial charge in [0, 0.05) is 23.6 Å². The Morgan fingerprint density at radius 1 is 0.909 bits per heavy atom. The highest BCUT2D eigenvalue weighted by Gasteiger charge is 2.28. The minimum absolute atomic E-state index is 0.117. The Labute approximate surface area is 131 Å². The summed E-state index contributed by atoms with van der Waals surface area (Å²) in [6.45, 7) is 4.05. The summed E-state index contributed by atoms with van der Waals surface area (Å²) in [6, 6.07) is 16.3. The maximum Gasteiger partial charge on any atom is 0.208 e. The van der Waals surface area contributed by atoms with E-state index in [2.05, 4.69) is 0 Å². The number of aryl methyl sites for hydroxylation is 1. The zero-order valence-corrected chi connectivity index (χ0v) is 13.8. The van der Waals surface area contributed by atoms with Crippen LogP contribution in [-0.4, -0.2) is 13.0 Å². The summed E-state index contributed by atoms with van der Waals surface area (Å²) in [5, 5.41) is 0.789. The van der Waals surface area contributed by atoms with Gasteiger partial charge in [-0.05, 0) is 24.1 Å². The fourth-order valence-electron chi connectivity index (χ4n) is 3.03. The Morgan fingerprint density at radius 2 is 1.50 bits per heavy atom. The highest BCUT2D eigenvalue weighted by Crippen LogP contribution is 2.36. The van der Waals surface area contributed by atoms with Crippen molar-refractivity contribution in [1.82, 2.24) is 4.57 Å². The van der Waals surface area contributed by atoms with Gasteiger partial charge >= 0.3 is 0 Å². The SMILES string of the molecule is CC(C)c1c(S(=O)(=O)c2ccccc2)c2ccccc2n1C. The van der Waals surface area contributed by atoms with Crippen LogP contribution >= 0.6 is 0 Å². The lowest BCUT2D eigenvalue weighted by atomic mass is 10.1. The molecule has 0 bridgehead atoms. The molecule has 1 aromatic heterocycles. The second-order valence-corrected chi connectivity index (χ2v) is 7.65. The lowest BCUT2D eigenvalue weighted by molar-refractivity contribution is 0.593. The Balaban J connectivity index is 2.43. The number of aromatic nitrogens is 1. The lowest BCUT2D eigenvalue weighted by Gasteiger charge is -2.12. The van der Waals surface area contributed by atoms with E-state index in [-0.39, 0.29) is 5.92 Å². The fourth-order valence-corrected chi connectivity index (χ4v) is 4.89. The number of para-hydroxylation sites is 1. The predicted molar refractivity (Wildman–Crippen MR) is 88.9 cm³/mol. The minimum Gasteiger partial charge on any atom is -0.346 e. The molecule has 0 saturated carbocycles. The molecule has 22 heavy (non-hydrogen) atoms. The van der Waals surface area contributed by atoms with Crippen LogP contribution in [0.3, 0.4) is 0 Å². The van der Waals surface area contributed by atoms with E-state index in [1.807, 2.05) is 55.8 Å². The molecule has 0 fully saturated rings. The summed E-state index contributed by atoms with van der Waals surface area (Å²) in [5.74, 6) is 0.117. The van der Waals surface area contributed by atoms with Crippen molar-refractivity contribution in [3.05, 3.63) is 60.3 Å². The second kappa shape index (κ2) is 5.29. The van der Waals surface area contributed by atoms with Crippen LogP contribution in [0.25, 0.3) is 10.9 Å². The van der Waals surface area contributed by atoms with E-state index < -0.39 is 9.84 Å². The maximum absolute atomic E-state index is 13.2. The molecule has 0 amide bonds. The Bertz CT molecular complexity index is 922. The summed E-state index contributed by atoms with van der Waals surface area (Å²) >= 11 is 0. The van der Waals surface area contributed by atoms with E-state index in [1.54, 1.807) is 24.3 Å². The lowest BCUT2D eigenvalue weighted by Crippen LogP contribution is -2.08. The molecule has 1 heterocycles. The zero-order valence-electron chi connectivity index (χ0n) is 12.9. The summed E-state index contributed by atoms with van der Waals surface area (Å²) in [4.78, 5) is 0.778. The molecule has 3 rings (SSSR count). The Morgan fingerprint density at radius 3 is 2.14 bits per heavy atom. The molecule has 3 nitrogen and oxygen atoms in total. The molecule has 3 aromatic rings. The number of rotatable bonds is 3. The van der Waals surface area contributed by atoms with E-state index in [4.69, 9.17) is 0 Å². The van der Waals surface area contributed by atoms with Gasteiger partial charge in [-0.2, -0.15) is 0 Å². The van der Waals surface area contributed by atoms with Gasteiger partial charge in [-0.3, -0.25) is 0 Å². The van der Waals surface area contributed by atoms with E-state index in [0.717, 1.165) is 16.6 Å². The zero-order chi connectivity index (χ0) is 15.9. The molecule has 0 N–H and O–H groups in total. The van der Waals surface area contributed by atoms with E-state index in [0.29, 0.717) is 9.79 Å². The number of nitrogens with zero attached hydrogens (tertiary/aromatic N) is 1. The first-order chi connectivity index (χ1) is 10.4. The quantitative estimate of drug-likeness (QED) is 0.729. The first kappa shape index (κ1) is 14.9. The van der Waals surface area contributed by atoms with Crippen LogP contribution in [0.1, 0.15) is 25.5 Å². The predicted octanol–water partition coefficient (Wildman–Crippen LogP) is 4.13. The molecule has 0 radical (unpaired) electrons. The summed E-state index contributed by atoms with van der Waals surface area (Å²) in [6.07, 6.45) is 0. The molecule has 0 unspecified atom stereocenters. The molecular weight excluding hydrogens is 294 g/mol. The first-order valence-corrected chi connectivity index (χ1v) is 8.80. The van der Waals surface area contributed by atoms with Crippen LogP contribution in [-0.2, 0) is 16.9 Å². The summed E-state index contributed by atoms with van der Waals surface area (Å²) in [5.41, 5.74) is 1.80. The highest BCUT2D eigenvalue weighted by molar-refractivity contribution is 7.91. The monoisotopic (exact) mass is 313 g/mol. The van der Waals surface area contributed by atoms with Crippen LogP contribution in [0.15, 0.2) is 64.4 Å². The van der Waals surface area contributed by atoms with Crippen molar-refractivity contribution in [2.75, 3.05) is 0 Å². The van der Waals surface area contributed by atoms with Gasteiger partial charge in [0.1, 0.15) is 4.90 Å². The van der Waals surface area contributed by atoms with Gasteiger partial charge in [0.2, 0.25) is 9.84 Å². The van der Waals surface area contributed by atoms with Gasteiger partial charge in [0.05, 0.1) is 4.90 Å². The summed E-state index contributed by atoms with van der Waals surface area (Å²) in [7, 11) is -1.61. The number of hydrogen-bond acceptors (Lipinski definition) is 2. The van der Waals surface area contributed by atoms with Crippen LogP contribution < -0.4 is 0 Å². The average molecular weight is 313 g/mol. The molecule has 2 aromatic carbocycles. The van der Waals surface area contributed by atoms with Crippen molar-refractivity contribution >= 4 is 20.7 Å². The van der Waals surface area contributed by atoms with Gasteiger partial charge in [0.15, 0.2) is 0 Å². The number of benzene rings is 2. The first-order valence-electron chi connectivity index (χ1n) is 7.32. The number of fused-ring (bicyclic) bond motifs is 1. The summed E-state index contributed by atoms with van der Waals surface area (Å²) < 4.78 is 28.3. The average Bonchev–Trinajstić information content (AvgIpc) is 2.82. The van der Waals surface area contributed by atoms with Crippen molar-refractivity contribution in [3.8, 4) is 0 Å². The van der Waals surface area contributed by atoms with Gasteiger partial charge in [-0.25, -0.2) is 8.42 Å². The van der Waals surface area contributed by atoms with Crippen molar-refractivity contribution < 1.29 is 8.42 Å². The van der Waals surface area contributed by atoms with Crippen LogP contribution in [0.4, 0.5) is 0 Å². The Kier molecular flexibility index (Phi) is 3.57. The molecule has 114 valence electrons. The smallest absolute Gasteiger partial charge is 0.208 e. The van der Waals surface area contributed by atoms with E-state index in [1.165, 1.54) is 0 Å². The second-order valence-electron chi connectivity index (χ2n) is 5.76. The third-order valence-electron chi connectivity index (χ3n) is 3.97. The normalized spacial score (nSPS) is 12.2. The molecule has 0 aliphatic heterocycles. The molecule has 0 atom stereocenters. The van der Waals surface area contributed by atoms with Crippen molar-refractivity contribution in [1.29, 1.82) is 0 Å². The van der Waals surface area contributed by atoms with Gasteiger partial charge in [-0.15, -0.1) is 0 Å². The van der Waals surface area contributed by atoms with Gasteiger partial charge in [-0.1, -0.05) is 50.2 Å². The number of hydrogen-bond donors (Lipinski definition) is 0. The Hall–Kier alpha value is -2.07. The molecule has 0 spiro atoms. The van der Waals surface area contributed by atoms with Crippen LogP contribution in [0, 0.1) is 0 Å². The van der Waals surface area contributed by atoms with E-state index in [9.17, 15) is 8.42 Å². The van der Waals surface area contributed by atoms with Gasteiger partial charge < -0.3 is 4.57 Å². The number of sulfone groups is 1. The third-order valence-corrected chi connectivity index (χ3v) is 5.83. The van der Waals surface area contributed by atoms with Crippen molar-refractivity contribution in [2.45, 2.75) is 29.6 Å². The van der Waals surface area contributed by atoms with E-state index >= 15 is 0 Å². The topological polar surface area (TPSA) is 39.1 Å². The third kappa shape index (κ3) is 2.15. The molecule has 0 aliphatic carbocycles. The molecule has 0 saturated heterocycles. The standard InChI is InChI=1S/C18H19NO2S/c1-13(2)17-18(15-11-7-8-12-16(15)19(17)3)22(20,21)14-9-5-4-6-10-14/h4-13H,1-3H3. The highest BCUT2D eigenvalue weighted by atomic mass is 32.2. The molecular formula is C18H19NO2S. The van der Waals surface area contributed by atoms with Crippen LogP contribution in [0.5, 0.6) is 0 Å². The maximum atomic E-state index is 13.2. The largest absolute Gasteiger partial charge is 0.346 e. The van der Waals surface area contributed by atoms with Crippen LogP contribution in [0.2, 0.25) is 0 Å².